The van der Waals surface area contributed by atoms with Crippen molar-refractivity contribution in [1.82, 2.24) is 9.78 Å². The molecule has 4 nitrogen and oxygen atoms in total. The average molecular weight is 523 g/mol. The van der Waals surface area contributed by atoms with Crippen molar-refractivity contribution in [2.24, 2.45) is 0 Å². The van der Waals surface area contributed by atoms with Crippen molar-refractivity contribution in [2.75, 3.05) is 6.61 Å². The van der Waals surface area contributed by atoms with Crippen LogP contribution in [0.3, 0.4) is 0 Å². The first-order valence-electron chi connectivity index (χ1n) is 7.91. The highest BCUT2D eigenvalue weighted by Crippen LogP contribution is 2.28. The van der Waals surface area contributed by atoms with E-state index in [-0.39, 0.29) is 4.11 Å². The molecule has 0 saturated carbocycles. The van der Waals surface area contributed by atoms with Gasteiger partial charge < -0.3 is 9.47 Å². The molecule has 0 saturated heterocycles. The lowest BCUT2D eigenvalue weighted by Gasteiger charge is -2.15. The highest BCUT2D eigenvalue weighted by atomic mass is 127. The molecule has 1 aromatic carbocycles. The number of halogens is 2. The number of rotatable bonds is 8. The normalized spacial score (nSPS) is 13.2. The first-order chi connectivity index (χ1) is 11.2. The summed E-state index contributed by atoms with van der Waals surface area (Å²) in [6.45, 7) is 14.3. The van der Waals surface area contributed by atoms with E-state index in [9.17, 15) is 0 Å². The van der Waals surface area contributed by atoms with Crippen molar-refractivity contribution in [3.63, 3.8) is 0 Å². The number of nitrogens with zero attached hydrogens (tertiary/aromatic N) is 2. The van der Waals surface area contributed by atoms with Crippen LogP contribution in [0.2, 0.25) is 25.7 Å². The van der Waals surface area contributed by atoms with E-state index in [1.807, 2.05) is 29.8 Å². The van der Waals surface area contributed by atoms with Crippen LogP contribution in [-0.2, 0) is 16.2 Å². The molecule has 0 aliphatic rings. The van der Waals surface area contributed by atoms with Gasteiger partial charge in [0, 0.05) is 24.5 Å². The summed E-state index contributed by atoms with van der Waals surface area (Å²) in [4.78, 5) is 0. The molecule has 0 spiro atoms. The van der Waals surface area contributed by atoms with Gasteiger partial charge in [-0.05, 0) is 53.8 Å². The average Bonchev–Trinajstić information content (AvgIpc) is 2.80. The molecule has 0 fully saturated rings. The third-order valence-electron chi connectivity index (χ3n) is 3.49. The first-order valence-corrected chi connectivity index (χ1v) is 13.7. The van der Waals surface area contributed by atoms with E-state index in [2.05, 4.69) is 69.8 Å². The summed E-state index contributed by atoms with van der Waals surface area (Å²) < 4.78 is 14.5. The molecule has 1 aromatic heterocycles. The summed E-state index contributed by atoms with van der Waals surface area (Å²) in [7, 11) is -1.08. The highest BCUT2D eigenvalue weighted by Gasteiger charge is 2.16. The molecular weight excluding hydrogens is 499 g/mol. The quantitative estimate of drug-likeness (QED) is 0.143. The number of alkyl halides is 1. The predicted molar refractivity (Wildman–Crippen MR) is 115 cm³/mol. The summed E-state index contributed by atoms with van der Waals surface area (Å²) >= 11 is 5.73. The summed E-state index contributed by atoms with van der Waals surface area (Å²) in [5, 5.41) is 5.69. The number of benzene rings is 1. The van der Waals surface area contributed by atoms with Gasteiger partial charge in [-0.3, -0.25) is 0 Å². The molecule has 0 radical (unpaired) electrons. The van der Waals surface area contributed by atoms with E-state index in [0.717, 1.165) is 33.7 Å². The predicted octanol–water partition coefficient (Wildman–Crippen LogP) is 5.88. The van der Waals surface area contributed by atoms with Crippen LogP contribution in [0.4, 0.5) is 0 Å². The molecule has 1 heterocycles. The Balaban J connectivity index is 2.22. The van der Waals surface area contributed by atoms with Gasteiger partial charge in [0.1, 0.15) is 22.3 Å². The van der Waals surface area contributed by atoms with Gasteiger partial charge in [0.2, 0.25) is 0 Å². The van der Waals surface area contributed by atoms with Crippen LogP contribution in [0.25, 0.3) is 16.7 Å². The fraction of sp³-hybridized carbons (Fsp3) is 0.471. The number of hydrogen-bond acceptors (Lipinski definition) is 3. The lowest BCUT2D eigenvalue weighted by molar-refractivity contribution is 0.0815. The van der Waals surface area contributed by atoms with E-state index < -0.39 is 8.07 Å². The second-order valence-corrected chi connectivity index (χ2v) is 15.2. The molecular formula is C17H24BrIN2O2Si. The summed E-state index contributed by atoms with van der Waals surface area (Å²) in [6.07, 6.45) is 0. The molecule has 1 atom stereocenters. The zero-order chi connectivity index (χ0) is 17.9. The molecule has 132 valence electrons. The zero-order valence-corrected chi connectivity index (χ0v) is 19.3. The topological polar surface area (TPSA) is 36.3 Å². The second kappa shape index (κ2) is 8.33. The summed E-state index contributed by atoms with van der Waals surface area (Å²) in [5.41, 5.74) is 1.79. The Morgan fingerprint density at radius 2 is 2.12 bits per heavy atom. The van der Waals surface area contributed by atoms with Crippen LogP contribution in [0.15, 0.2) is 29.3 Å². The molecule has 0 bridgehead atoms. The Morgan fingerprint density at radius 3 is 2.75 bits per heavy atom. The van der Waals surface area contributed by atoms with Crippen molar-refractivity contribution in [2.45, 2.75) is 43.5 Å². The smallest absolute Gasteiger partial charge is 0.146 e. The molecule has 7 heteroatoms. The SMILES string of the molecule is C=C(OC(C)I)c1nn(COCC[Si](C)(C)C)c2ccc(Br)cc12. The number of fused-ring (bicyclic) bond motifs is 1. The van der Waals surface area contributed by atoms with Gasteiger partial charge in [0.25, 0.3) is 0 Å². The Morgan fingerprint density at radius 1 is 1.42 bits per heavy atom. The van der Waals surface area contributed by atoms with Crippen LogP contribution >= 0.6 is 38.5 Å². The maximum atomic E-state index is 5.86. The zero-order valence-electron chi connectivity index (χ0n) is 14.6. The molecule has 0 aliphatic carbocycles. The summed E-state index contributed by atoms with van der Waals surface area (Å²) in [6, 6.07) is 7.24. The second-order valence-electron chi connectivity index (χ2n) is 6.94. The van der Waals surface area contributed by atoms with Crippen molar-refractivity contribution in [1.29, 1.82) is 0 Å². The Labute approximate surface area is 166 Å². The van der Waals surface area contributed by atoms with E-state index in [4.69, 9.17) is 9.47 Å². The molecule has 1 unspecified atom stereocenters. The molecule has 24 heavy (non-hydrogen) atoms. The van der Waals surface area contributed by atoms with Crippen molar-refractivity contribution >= 4 is 63.3 Å². The Bertz CT molecular complexity index is 725. The molecule has 2 aromatic rings. The fourth-order valence-corrected chi connectivity index (χ4v) is 3.66. The van der Waals surface area contributed by atoms with Gasteiger partial charge in [0.05, 0.1) is 5.52 Å². The van der Waals surface area contributed by atoms with Gasteiger partial charge >= 0.3 is 0 Å². The standard InChI is InChI=1S/C17H24BrIN2O2Si/c1-12(23-13(2)19)17-15-10-14(18)6-7-16(15)21(20-17)11-22-8-9-24(3,4)5/h6-7,10,13H,1,8-9,11H2,2-5H3. The third-order valence-corrected chi connectivity index (χ3v) is 5.94. The molecule has 0 aliphatic heterocycles. The maximum Gasteiger partial charge on any atom is 0.146 e. The van der Waals surface area contributed by atoms with Crippen molar-refractivity contribution < 1.29 is 9.47 Å². The van der Waals surface area contributed by atoms with E-state index in [0.29, 0.717) is 12.5 Å². The lowest BCUT2D eigenvalue weighted by atomic mass is 10.2. The van der Waals surface area contributed by atoms with Crippen molar-refractivity contribution in [3.05, 3.63) is 34.9 Å². The van der Waals surface area contributed by atoms with Crippen LogP contribution in [0.5, 0.6) is 0 Å². The minimum atomic E-state index is -1.08. The van der Waals surface area contributed by atoms with Crippen LogP contribution < -0.4 is 0 Å². The fourth-order valence-electron chi connectivity index (χ4n) is 2.24. The number of hydrogen-bond donors (Lipinski definition) is 0. The van der Waals surface area contributed by atoms with E-state index in [1.165, 1.54) is 0 Å². The Kier molecular flexibility index (Phi) is 6.92. The molecule has 0 N–H and O–H groups in total. The Hall–Kier alpha value is -0.383. The van der Waals surface area contributed by atoms with Gasteiger partial charge in [-0.15, -0.1) is 0 Å². The van der Waals surface area contributed by atoms with E-state index in [1.54, 1.807) is 0 Å². The van der Waals surface area contributed by atoms with Crippen molar-refractivity contribution in [3.8, 4) is 0 Å². The molecule has 0 amide bonds. The maximum absolute atomic E-state index is 5.86. The summed E-state index contributed by atoms with van der Waals surface area (Å²) in [5.74, 6) is 0.584. The van der Waals surface area contributed by atoms with Gasteiger partial charge in [-0.2, -0.15) is 5.10 Å². The van der Waals surface area contributed by atoms with Gasteiger partial charge in [-0.1, -0.05) is 42.1 Å². The van der Waals surface area contributed by atoms with E-state index >= 15 is 0 Å². The van der Waals surface area contributed by atoms with Gasteiger partial charge in [0.15, 0.2) is 0 Å². The van der Waals surface area contributed by atoms with Crippen LogP contribution in [0, 0.1) is 0 Å². The monoisotopic (exact) mass is 522 g/mol. The van der Waals surface area contributed by atoms with Crippen LogP contribution in [-0.4, -0.2) is 28.6 Å². The van der Waals surface area contributed by atoms with Crippen LogP contribution in [0.1, 0.15) is 12.6 Å². The van der Waals surface area contributed by atoms with Gasteiger partial charge in [-0.25, -0.2) is 4.68 Å². The first kappa shape index (κ1) is 19.9. The lowest BCUT2D eigenvalue weighted by Crippen LogP contribution is -2.22. The minimum absolute atomic E-state index is 0.0375. The molecule has 2 rings (SSSR count). The largest absolute Gasteiger partial charge is 0.479 e. The minimum Gasteiger partial charge on any atom is -0.479 e. The number of ether oxygens (including phenoxy) is 2. The number of aromatic nitrogens is 2. The third kappa shape index (κ3) is 5.57. The highest BCUT2D eigenvalue weighted by molar-refractivity contribution is 14.1.